The maximum Gasteiger partial charge on any atom is 0.418 e. The molecular formula is C19H22F3N5O4. The van der Waals surface area contributed by atoms with Crippen LogP contribution in [0.2, 0.25) is 0 Å². The van der Waals surface area contributed by atoms with Gasteiger partial charge in [0, 0.05) is 5.41 Å². The number of carbonyl (C=O) groups is 3. The molecule has 0 unspecified atom stereocenters. The second kappa shape index (κ2) is 8.66. The molecule has 2 aromatic rings. The Morgan fingerprint density at radius 3 is 2.29 bits per heavy atom. The summed E-state index contributed by atoms with van der Waals surface area (Å²) < 4.78 is 40.3. The molecule has 0 saturated heterocycles. The number of para-hydroxylation sites is 1. The Morgan fingerprint density at radius 1 is 1.10 bits per heavy atom. The number of carbonyl (C=O) groups excluding carboxylic acids is 3. The summed E-state index contributed by atoms with van der Waals surface area (Å²) in [5.74, 6) is -2.91. The molecule has 31 heavy (non-hydrogen) atoms. The first-order chi connectivity index (χ1) is 14.2. The lowest BCUT2D eigenvalue weighted by Gasteiger charge is -2.21. The van der Waals surface area contributed by atoms with Crippen LogP contribution in [0, 0.1) is 5.41 Å². The topological polar surface area (TPSA) is 125 Å². The Morgan fingerprint density at radius 2 is 1.71 bits per heavy atom. The van der Waals surface area contributed by atoms with Gasteiger partial charge in [0.05, 0.1) is 17.4 Å². The van der Waals surface area contributed by atoms with Crippen LogP contribution in [0.5, 0.6) is 5.75 Å². The number of hydrazine groups is 1. The van der Waals surface area contributed by atoms with E-state index in [1.807, 2.05) is 5.43 Å². The quantitative estimate of drug-likeness (QED) is 0.540. The highest BCUT2D eigenvalue weighted by Gasteiger charge is 2.34. The van der Waals surface area contributed by atoms with Gasteiger partial charge in [-0.3, -0.25) is 25.2 Å². The second-order valence-electron chi connectivity index (χ2n) is 7.71. The van der Waals surface area contributed by atoms with E-state index in [0.717, 1.165) is 18.3 Å². The lowest BCUT2D eigenvalue weighted by Crippen LogP contribution is -2.52. The zero-order valence-corrected chi connectivity index (χ0v) is 17.2. The van der Waals surface area contributed by atoms with E-state index in [9.17, 15) is 32.7 Å². The number of aromatic hydroxyl groups is 1. The number of aromatic nitrogens is 2. The predicted octanol–water partition coefficient (Wildman–Crippen LogP) is 1.91. The summed E-state index contributed by atoms with van der Waals surface area (Å²) in [6.07, 6.45) is -3.84. The van der Waals surface area contributed by atoms with E-state index >= 15 is 0 Å². The summed E-state index contributed by atoms with van der Waals surface area (Å²) in [5.41, 5.74) is 1.30. The van der Waals surface area contributed by atoms with Crippen LogP contribution in [0.1, 0.15) is 43.7 Å². The molecule has 3 amide bonds. The molecule has 1 aromatic carbocycles. The largest absolute Gasteiger partial charge is 0.504 e. The van der Waals surface area contributed by atoms with Crippen LogP contribution in [0.4, 0.5) is 13.2 Å². The number of halogens is 3. The molecule has 0 aliphatic rings. The number of benzene rings is 1. The smallest absolute Gasteiger partial charge is 0.418 e. The van der Waals surface area contributed by atoms with E-state index in [1.165, 1.54) is 19.1 Å². The average molecular weight is 441 g/mol. The van der Waals surface area contributed by atoms with Crippen LogP contribution in [-0.4, -0.2) is 38.7 Å². The molecule has 0 bridgehead atoms. The number of nitrogens with one attached hydrogen (secondary N) is 3. The van der Waals surface area contributed by atoms with Crippen LogP contribution in [0.25, 0.3) is 5.69 Å². The molecule has 0 spiro atoms. The van der Waals surface area contributed by atoms with Crippen LogP contribution < -0.4 is 16.2 Å². The number of rotatable bonds is 4. The van der Waals surface area contributed by atoms with Crippen LogP contribution in [0.3, 0.4) is 0 Å². The number of alkyl halides is 3. The number of amides is 3. The highest BCUT2D eigenvalue weighted by atomic mass is 19.4. The van der Waals surface area contributed by atoms with Gasteiger partial charge in [-0.05, 0) is 19.1 Å². The van der Waals surface area contributed by atoms with Gasteiger partial charge in [-0.25, -0.2) is 4.68 Å². The van der Waals surface area contributed by atoms with Gasteiger partial charge in [0.2, 0.25) is 5.91 Å². The highest BCUT2D eigenvalue weighted by Crippen LogP contribution is 2.34. The van der Waals surface area contributed by atoms with E-state index in [2.05, 4.69) is 15.8 Å². The Hall–Kier alpha value is -3.57. The molecule has 1 heterocycles. The van der Waals surface area contributed by atoms with Crippen molar-refractivity contribution in [2.24, 2.45) is 5.41 Å². The summed E-state index contributed by atoms with van der Waals surface area (Å²) >= 11 is 0. The zero-order chi connectivity index (χ0) is 23.6. The molecule has 1 aromatic heterocycles. The monoisotopic (exact) mass is 441 g/mol. The minimum Gasteiger partial charge on any atom is -0.504 e. The Kier molecular flexibility index (Phi) is 6.62. The fourth-order valence-electron chi connectivity index (χ4n) is 2.33. The van der Waals surface area contributed by atoms with Crippen molar-refractivity contribution in [1.82, 2.24) is 25.9 Å². The molecule has 0 radical (unpaired) electrons. The van der Waals surface area contributed by atoms with Crippen molar-refractivity contribution in [3.05, 3.63) is 41.7 Å². The SMILES string of the molecule is C[C@@H](NC(=O)C(C)(C)C)C(=O)NNC(=O)c1nn(-c2ccccc2C(F)(F)F)cc1O. The lowest BCUT2D eigenvalue weighted by atomic mass is 9.95. The van der Waals surface area contributed by atoms with Gasteiger partial charge < -0.3 is 10.4 Å². The van der Waals surface area contributed by atoms with Gasteiger partial charge in [-0.1, -0.05) is 32.9 Å². The van der Waals surface area contributed by atoms with Gasteiger partial charge in [-0.15, -0.1) is 0 Å². The Labute approximate surface area is 175 Å². The fraction of sp³-hybridized carbons (Fsp3) is 0.368. The van der Waals surface area contributed by atoms with E-state index in [1.54, 1.807) is 20.8 Å². The lowest BCUT2D eigenvalue weighted by molar-refractivity contribution is -0.137. The van der Waals surface area contributed by atoms with Gasteiger partial charge in [-0.2, -0.15) is 18.3 Å². The predicted molar refractivity (Wildman–Crippen MR) is 103 cm³/mol. The van der Waals surface area contributed by atoms with E-state index in [4.69, 9.17) is 0 Å². The van der Waals surface area contributed by atoms with Crippen molar-refractivity contribution >= 4 is 17.7 Å². The van der Waals surface area contributed by atoms with Crippen LogP contribution in [0.15, 0.2) is 30.5 Å². The molecule has 0 saturated carbocycles. The molecule has 12 heteroatoms. The molecule has 4 N–H and O–H groups in total. The second-order valence-corrected chi connectivity index (χ2v) is 7.71. The maximum absolute atomic E-state index is 13.2. The van der Waals surface area contributed by atoms with Crippen molar-refractivity contribution < 1.29 is 32.7 Å². The molecule has 0 aliphatic heterocycles. The molecule has 0 fully saturated rings. The number of hydrogen-bond donors (Lipinski definition) is 4. The van der Waals surface area contributed by atoms with E-state index in [-0.39, 0.29) is 5.91 Å². The van der Waals surface area contributed by atoms with E-state index < -0.39 is 52.1 Å². The normalized spacial score (nSPS) is 12.7. The molecule has 9 nitrogen and oxygen atoms in total. The number of nitrogens with zero attached hydrogens (tertiary/aromatic N) is 2. The van der Waals surface area contributed by atoms with Crippen molar-refractivity contribution in [2.45, 2.75) is 39.9 Å². The first-order valence-corrected chi connectivity index (χ1v) is 9.08. The summed E-state index contributed by atoms with van der Waals surface area (Å²) in [6.45, 7) is 6.37. The summed E-state index contributed by atoms with van der Waals surface area (Å²) in [4.78, 5) is 36.2. The van der Waals surface area contributed by atoms with Gasteiger partial charge in [0.25, 0.3) is 11.8 Å². The van der Waals surface area contributed by atoms with Gasteiger partial charge in [0.1, 0.15) is 6.04 Å². The number of hydrogen-bond acceptors (Lipinski definition) is 5. The van der Waals surface area contributed by atoms with Gasteiger partial charge >= 0.3 is 6.18 Å². The van der Waals surface area contributed by atoms with Crippen LogP contribution >= 0.6 is 0 Å². The highest BCUT2D eigenvalue weighted by molar-refractivity contribution is 5.97. The third-order valence-electron chi connectivity index (χ3n) is 4.09. The minimum absolute atomic E-state index is 0.388. The van der Waals surface area contributed by atoms with Crippen LogP contribution in [-0.2, 0) is 15.8 Å². The van der Waals surface area contributed by atoms with Crippen molar-refractivity contribution in [2.75, 3.05) is 0 Å². The van der Waals surface area contributed by atoms with Crippen molar-refractivity contribution in [3.63, 3.8) is 0 Å². The zero-order valence-electron chi connectivity index (χ0n) is 17.2. The average Bonchev–Trinajstić information content (AvgIpc) is 3.06. The summed E-state index contributed by atoms with van der Waals surface area (Å²) in [5, 5.41) is 16.1. The molecule has 0 aliphatic carbocycles. The molecular weight excluding hydrogens is 419 g/mol. The summed E-state index contributed by atoms with van der Waals surface area (Å²) in [6, 6.07) is 3.51. The van der Waals surface area contributed by atoms with Crippen molar-refractivity contribution in [1.29, 1.82) is 0 Å². The Balaban J connectivity index is 2.11. The van der Waals surface area contributed by atoms with E-state index in [0.29, 0.717) is 4.68 Å². The third-order valence-corrected chi connectivity index (χ3v) is 4.09. The molecule has 2 rings (SSSR count). The molecule has 1 atom stereocenters. The Bertz CT molecular complexity index is 995. The fourth-order valence-corrected chi connectivity index (χ4v) is 2.33. The first kappa shape index (κ1) is 23.7. The third kappa shape index (κ3) is 5.74. The molecule has 168 valence electrons. The maximum atomic E-state index is 13.2. The minimum atomic E-state index is -4.68. The standard InChI is InChI=1S/C19H22F3N5O4/c1-10(23-17(31)18(2,3)4)15(29)24-25-16(30)14-13(28)9-27(26-14)12-8-6-5-7-11(12)19(20,21)22/h5-10,28H,1-4H3,(H,23,31)(H,24,29)(H,25,30)/t10-/m1/s1. The summed E-state index contributed by atoms with van der Waals surface area (Å²) in [7, 11) is 0. The van der Waals surface area contributed by atoms with Gasteiger partial charge in [0.15, 0.2) is 11.4 Å². The first-order valence-electron chi connectivity index (χ1n) is 9.08. The van der Waals surface area contributed by atoms with Crippen molar-refractivity contribution in [3.8, 4) is 11.4 Å².